The lowest BCUT2D eigenvalue weighted by Gasteiger charge is -2.09. The number of hydrogen-bond acceptors (Lipinski definition) is 2. The summed E-state index contributed by atoms with van der Waals surface area (Å²) in [6, 6.07) is 5.07. The minimum absolute atomic E-state index is 0.200. The predicted octanol–water partition coefficient (Wildman–Crippen LogP) is 1.84. The van der Waals surface area contributed by atoms with Crippen LogP contribution in [0.25, 0.3) is 0 Å². The summed E-state index contributed by atoms with van der Waals surface area (Å²) in [6.45, 7) is 0. The minimum Gasteiger partial charge on any atom is -0.392 e. The molecule has 1 unspecified atom stereocenters. The van der Waals surface area contributed by atoms with E-state index in [-0.39, 0.29) is 6.42 Å². The maximum atomic E-state index is 13.0. The second-order valence-corrected chi connectivity index (χ2v) is 4.32. The van der Waals surface area contributed by atoms with Gasteiger partial charge in [-0.1, -0.05) is 0 Å². The Hall–Kier alpha value is -1.75. The van der Waals surface area contributed by atoms with Gasteiger partial charge in [0.2, 0.25) is 0 Å². The fourth-order valence-electron chi connectivity index (χ4n) is 1.89. The molecular weight excluding hydrogens is 238 g/mol. The van der Waals surface area contributed by atoms with Gasteiger partial charge in [-0.15, -0.1) is 0 Å². The Morgan fingerprint density at radius 3 is 2.44 bits per heavy atom. The molecule has 0 aliphatic rings. The zero-order valence-corrected chi connectivity index (χ0v) is 9.98. The van der Waals surface area contributed by atoms with Crippen LogP contribution >= 0.6 is 0 Å². The van der Waals surface area contributed by atoms with Gasteiger partial charge in [-0.05, 0) is 30.2 Å². The van der Waals surface area contributed by atoms with Crippen molar-refractivity contribution in [3.05, 3.63) is 53.4 Å². The third-order valence-electron chi connectivity index (χ3n) is 2.61. The standard InChI is InChI=1S/C13H14F2N2O/c1-17-3-2-12(16-17)8-13(18)6-9-4-10(14)7-11(15)5-9/h2-5,7,13,18H,6,8H2,1H3. The molecule has 0 saturated carbocycles. The molecule has 3 nitrogen and oxygen atoms in total. The number of aliphatic hydroxyl groups is 1. The first kappa shape index (κ1) is 12.7. The van der Waals surface area contributed by atoms with E-state index in [4.69, 9.17) is 0 Å². The van der Waals surface area contributed by atoms with Crippen LogP contribution in [-0.4, -0.2) is 21.0 Å². The zero-order chi connectivity index (χ0) is 13.1. The molecule has 1 atom stereocenters. The second-order valence-electron chi connectivity index (χ2n) is 4.32. The molecule has 1 aromatic heterocycles. The topological polar surface area (TPSA) is 38.0 Å². The molecule has 2 rings (SSSR count). The summed E-state index contributed by atoms with van der Waals surface area (Å²) < 4.78 is 27.6. The van der Waals surface area contributed by atoms with E-state index >= 15 is 0 Å². The summed E-state index contributed by atoms with van der Waals surface area (Å²) in [5.74, 6) is -1.26. The molecule has 0 radical (unpaired) electrons. The van der Waals surface area contributed by atoms with Crippen LogP contribution in [0.3, 0.4) is 0 Å². The molecular formula is C13H14F2N2O. The molecule has 1 heterocycles. The molecule has 18 heavy (non-hydrogen) atoms. The summed E-state index contributed by atoms with van der Waals surface area (Å²) in [5.41, 5.74) is 1.19. The number of aromatic nitrogens is 2. The van der Waals surface area contributed by atoms with Crippen molar-refractivity contribution in [1.82, 2.24) is 9.78 Å². The molecule has 0 spiro atoms. The second kappa shape index (κ2) is 5.27. The van der Waals surface area contributed by atoms with E-state index in [2.05, 4.69) is 5.10 Å². The van der Waals surface area contributed by atoms with Gasteiger partial charge in [-0.25, -0.2) is 8.78 Å². The molecule has 1 aromatic carbocycles. The average molecular weight is 252 g/mol. The molecule has 0 fully saturated rings. The van der Waals surface area contributed by atoms with Crippen LogP contribution in [0.15, 0.2) is 30.5 Å². The van der Waals surface area contributed by atoms with Gasteiger partial charge < -0.3 is 5.11 Å². The third kappa shape index (κ3) is 3.37. The number of halogens is 2. The van der Waals surface area contributed by atoms with Crippen LogP contribution in [0, 0.1) is 11.6 Å². The molecule has 1 N–H and O–H groups in total. The van der Waals surface area contributed by atoms with Gasteiger partial charge in [-0.3, -0.25) is 4.68 Å². The average Bonchev–Trinajstić information content (AvgIpc) is 2.61. The monoisotopic (exact) mass is 252 g/mol. The van der Waals surface area contributed by atoms with Crippen LogP contribution in [-0.2, 0) is 19.9 Å². The lowest BCUT2D eigenvalue weighted by Crippen LogP contribution is -2.14. The maximum absolute atomic E-state index is 13.0. The zero-order valence-electron chi connectivity index (χ0n) is 9.98. The van der Waals surface area contributed by atoms with Crippen molar-refractivity contribution in [3.63, 3.8) is 0 Å². The van der Waals surface area contributed by atoms with Gasteiger partial charge in [0.05, 0.1) is 11.8 Å². The molecule has 96 valence electrons. The highest BCUT2D eigenvalue weighted by molar-refractivity contribution is 5.19. The molecule has 2 aromatic rings. The molecule has 5 heteroatoms. The van der Waals surface area contributed by atoms with E-state index in [0.29, 0.717) is 12.0 Å². The maximum Gasteiger partial charge on any atom is 0.126 e. The van der Waals surface area contributed by atoms with E-state index in [0.717, 1.165) is 11.8 Å². The highest BCUT2D eigenvalue weighted by Crippen LogP contribution is 2.12. The van der Waals surface area contributed by atoms with Crippen LogP contribution in [0.4, 0.5) is 8.78 Å². The van der Waals surface area contributed by atoms with Crippen molar-refractivity contribution in [2.45, 2.75) is 18.9 Å². The van der Waals surface area contributed by atoms with Crippen molar-refractivity contribution < 1.29 is 13.9 Å². The van der Waals surface area contributed by atoms with Crippen molar-refractivity contribution >= 4 is 0 Å². The number of benzene rings is 1. The first-order valence-electron chi connectivity index (χ1n) is 5.64. The quantitative estimate of drug-likeness (QED) is 0.901. The van der Waals surface area contributed by atoms with E-state index < -0.39 is 17.7 Å². The Bertz CT molecular complexity index is 519. The van der Waals surface area contributed by atoms with Gasteiger partial charge in [0, 0.05) is 25.7 Å². The van der Waals surface area contributed by atoms with Crippen molar-refractivity contribution in [1.29, 1.82) is 0 Å². The summed E-state index contributed by atoms with van der Waals surface area (Å²) in [6.07, 6.45) is 1.63. The number of hydrogen-bond donors (Lipinski definition) is 1. The van der Waals surface area contributed by atoms with Gasteiger partial charge in [-0.2, -0.15) is 5.10 Å². The Labute approximate surface area is 104 Å². The predicted molar refractivity (Wildman–Crippen MR) is 63.0 cm³/mol. The molecule has 0 saturated heterocycles. The lowest BCUT2D eigenvalue weighted by atomic mass is 10.0. The van der Waals surface area contributed by atoms with E-state index in [1.165, 1.54) is 12.1 Å². The Kier molecular flexibility index (Phi) is 3.72. The molecule has 0 aliphatic heterocycles. The van der Waals surface area contributed by atoms with Gasteiger partial charge >= 0.3 is 0 Å². The highest BCUT2D eigenvalue weighted by Gasteiger charge is 2.10. The van der Waals surface area contributed by atoms with Gasteiger partial charge in [0.25, 0.3) is 0 Å². The SMILES string of the molecule is Cn1ccc(CC(O)Cc2cc(F)cc(F)c2)n1. The molecule has 0 amide bonds. The molecule has 0 aliphatic carbocycles. The smallest absolute Gasteiger partial charge is 0.126 e. The fraction of sp³-hybridized carbons (Fsp3) is 0.308. The number of rotatable bonds is 4. The first-order chi connectivity index (χ1) is 8.52. The minimum atomic E-state index is -0.707. The van der Waals surface area contributed by atoms with Crippen LogP contribution in [0.2, 0.25) is 0 Å². The van der Waals surface area contributed by atoms with Crippen LogP contribution in [0.5, 0.6) is 0 Å². The summed E-state index contributed by atoms with van der Waals surface area (Å²) in [5, 5.41) is 14.0. The van der Waals surface area contributed by atoms with Crippen LogP contribution < -0.4 is 0 Å². The fourth-order valence-corrected chi connectivity index (χ4v) is 1.89. The summed E-state index contributed by atoms with van der Waals surface area (Å²) in [4.78, 5) is 0. The number of aryl methyl sites for hydroxylation is 1. The lowest BCUT2D eigenvalue weighted by molar-refractivity contribution is 0.174. The number of aliphatic hydroxyl groups excluding tert-OH is 1. The van der Waals surface area contributed by atoms with Gasteiger partial charge in [0.1, 0.15) is 11.6 Å². The molecule has 0 bridgehead atoms. The van der Waals surface area contributed by atoms with E-state index in [1.807, 2.05) is 0 Å². The normalized spacial score (nSPS) is 12.7. The third-order valence-corrected chi connectivity index (χ3v) is 2.61. The van der Waals surface area contributed by atoms with Crippen LogP contribution in [0.1, 0.15) is 11.3 Å². The first-order valence-corrected chi connectivity index (χ1v) is 5.64. The Morgan fingerprint density at radius 2 is 1.89 bits per heavy atom. The highest BCUT2D eigenvalue weighted by atomic mass is 19.1. The van der Waals surface area contributed by atoms with E-state index in [9.17, 15) is 13.9 Å². The summed E-state index contributed by atoms with van der Waals surface area (Å²) >= 11 is 0. The Morgan fingerprint density at radius 1 is 1.22 bits per heavy atom. The van der Waals surface area contributed by atoms with E-state index in [1.54, 1.807) is 24.0 Å². The van der Waals surface area contributed by atoms with Crippen molar-refractivity contribution in [2.24, 2.45) is 7.05 Å². The van der Waals surface area contributed by atoms with Gasteiger partial charge in [0.15, 0.2) is 0 Å². The van der Waals surface area contributed by atoms with Crippen molar-refractivity contribution in [2.75, 3.05) is 0 Å². The van der Waals surface area contributed by atoms with Crippen molar-refractivity contribution in [3.8, 4) is 0 Å². The largest absolute Gasteiger partial charge is 0.392 e. The number of nitrogens with zero attached hydrogens (tertiary/aromatic N) is 2. The summed E-state index contributed by atoms with van der Waals surface area (Å²) in [7, 11) is 1.79. The Balaban J connectivity index is 2.00.